The second kappa shape index (κ2) is 5.25. The lowest BCUT2D eigenvalue weighted by atomic mass is 9.91. The molecule has 3 nitrogen and oxygen atoms in total. The fourth-order valence-electron chi connectivity index (χ4n) is 3.52. The molecule has 0 bridgehead atoms. The first-order chi connectivity index (χ1) is 8.33. The van der Waals surface area contributed by atoms with Crippen molar-refractivity contribution in [1.82, 2.24) is 9.80 Å². The number of nitrogens with zero attached hydrogens (tertiary/aromatic N) is 2. The third-order valence-corrected chi connectivity index (χ3v) is 4.78. The lowest BCUT2D eigenvalue weighted by molar-refractivity contribution is 0.118. The number of rotatable bonds is 2. The standard InChI is InChI=1S/C14H26N2O/c1-12-9-15(13-3-2-4-13)6-7-16(10-12)14-5-8-17-11-14/h12-14H,2-11H2,1H3. The molecule has 3 aliphatic rings. The third-order valence-electron chi connectivity index (χ3n) is 4.78. The maximum absolute atomic E-state index is 5.54. The van der Waals surface area contributed by atoms with Crippen LogP contribution in [0.2, 0.25) is 0 Å². The molecule has 0 radical (unpaired) electrons. The van der Waals surface area contributed by atoms with Gasteiger partial charge in [0.25, 0.3) is 0 Å². The zero-order valence-corrected chi connectivity index (χ0v) is 11.1. The van der Waals surface area contributed by atoms with Crippen molar-refractivity contribution in [3.8, 4) is 0 Å². The first-order valence-electron chi connectivity index (χ1n) is 7.39. The van der Waals surface area contributed by atoms with E-state index < -0.39 is 0 Å². The van der Waals surface area contributed by atoms with Crippen LogP contribution in [0.5, 0.6) is 0 Å². The van der Waals surface area contributed by atoms with Gasteiger partial charge in [-0.3, -0.25) is 9.80 Å². The lowest BCUT2D eigenvalue weighted by Gasteiger charge is -2.37. The van der Waals surface area contributed by atoms with Gasteiger partial charge in [0.05, 0.1) is 6.61 Å². The average Bonchev–Trinajstić information content (AvgIpc) is 2.68. The van der Waals surface area contributed by atoms with Crippen molar-refractivity contribution in [3.05, 3.63) is 0 Å². The SMILES string of the molecule is CC1CN(C2CCC2)CCN(C2CCOC2)C1. The van der Waals surface area contributed by atoms with E-state index >= 15 is 0 Å². The molecular formula is C14H26N2O. The van der Waals surface area contributed by atoms with Gasteiger partial charge < -0.3 is 4.74 Å². The maximum atomic E-state index is 5.54. The molecule has 0 aromatic heterocycles. The van der Waals surface area contributed by atoms with Gasteiger partial charge in [-0.2, -0.15) is 0 Å². The Balaban J connectivity index is 1.57. The third kappa shape index (κ3) is 2.67. The summed E-state index contributed by atoms with van der Waals surface area (Å²) in [7, 11) is 0. The smallest absolute Gasteiger partial charge is 0.0622 e. The Morgan fingerprint density at radius 1 is 0.941 bits per heavy atom. The normalized spacial score (nSPS) is 37.9. The highest BCUT2D eigenvalue weighted by atomic mass is 16.5. The molecule has 17 heavy (non-hydrogen) atoms. The molecule has 3 heteroatoms. The Labute approximate surface area is 105 Å². The van der Waals surface area contributed by atoms with Crippen LogP contribution in [0.1, 0.15) is 32.6 Å². The fourth-order valence-corrected chi connectivity index (χ4v) is 3.52. The molecule has 1 aliphatic carbocycles. The van der Waals surface area contributed by atoms with E-state index in [1.165, 1.54) is 51.9 Å². The molecular weight excluding hydrogens is 212 g/mol. The summed E-state index contributed by atoms with van der Waals surface area (Å²) < 4.78 is 5.54. The van der Waals surface area contributed by atoms with Crippen molar-refractivity contribution in [2.24, 2.45) is 5.92 Å². The number of ether oxygens (including phenoxy) is 1. The Morgan fingerprint density at radius 2 is 1.65 bits per heavy atom. The quantitative estimate of drug-likeness (QED) is 0.726. The van der Waals surface area contributed by atoms with Crippen molar-refractivity contribution in [2.45, 2.75) is 44.7 Å². The van der Waals surface area contributed by atoms with Gasteiger partial charge in [-0.1, -0.05) is 13.3 Å². The Morgan fingerprint density at radius 3 is 2.18 bits per heavy atom. The van der Waals surface area contributed by atoms with Crippen molar-refractivity contribution in [2.75, 3.05) is 39.4 Å². The first kappa shape index (κ1) is 11.9. The predicted molar refractivity (Wildman–Crippen MR) is 69.2 cm³/mol. The van der Waals surface area contributed by atoms with E-state index in [4.69, 9.17) is 4.74 Å². The predicted octanol–water partition coefficient (Wildman–Crippen LogP) is 1.58. The summed E-state index contributed by atoms with van der Waals surface area (Å²) >= 11 is 0. The topological polar surface area (TPSA) is 15.7 Å². The van der Waals surface area contributed by atoms with E-state index in [0.717, 1.165) is 25.2 Å². The highest BCUT2D eigenvalue weighted by molar-refractivity contribution is 4.86. The van der Waals surface area contributed by atoms with E-state index in [1.807, 2.05) is 0 Å². The molecule has 0 spiro atoms. The molecule has 0 aromatic rings. The van der Waals surface area contributed by atoms with Crippen LogP contribution in [-0.2, 0) is 4.74 Å². The Hall–Kier alpha value is -0.120. The Bertz CT molecular complexity index is 249. The summed E-state index contributed by atoms with van der Waals surface area (Å²) in [5, 5.41) is 0. The van der Waals surface area contributed by atoms with Crippen LogP contribution in [-0.4, -0.2) is 61.3 Å². The van der Waals surface area contributed by atoms with Gasteiger partial charge in [0.1, 0.15) is 0 Å². The van der Waals surface area contributed by atoms with Gasteiger partial charge in [-0.25, -0.2) is 0 Å². The molecule has 0 N–H and O–H groups in total. The van der Waals surface area contributed by atoms with E-state index in [-0.39, 0.29) is 0 Å². The van der Waals surface area contributed by atoms with E-state index in [0.29, 0.717) is 6.04 Å². The average molecular weight is 238 g/mol. The summed E-state index contributed by atoms with van der Waals surface area (Å²) in [4.78, 5) is 5.44. The summed E-state index contributed by atoms with van der Waals surface area (Å²) in [6, 6.07) is 1.62. The van der Waals surface area contributed by atoms with Gasteiger partial charge in [-0.05, 0) is 25.2 Å². The van der Waals surface area contributed by atoms with Gasteiger partial charge >= 0.3 is 0 Å². The molecule has 2 atom stereocenters. The van der Waals surface area contributed by atoms with Crippen LogP contribution in [0.3, 0.4) is 0 Å². The molecule has 0 amide bonds. The highest BCUT2D eigenvalue weighted by Crippen LogP contribution is 2.27. The molecule has 0 aromatic carbocycles. The fraction of sp³-hybridized carbons (Fsp3) is 1.00. The molecule has 98 valence electrons. The van der Waals surface area contributed by atoms with Gasteiger partial charge in [0.15, 0.2) is 0 Å². The molecule has 2 heterocycles. The summed E-state index contributed by atoms with van der Waals surface area (Å²) in [6.07, 6.45) is 5.59. The molecule has 2 saturated heterocycles. The zero-order valence-electron chi connectivity index (χ0n) is 11.1. The number of hydrogen-bond donors (Lipinski definition) is 0. The molecule has 1 saturated carbocycles. The minimum atomic E-state index is 0.707. The molecule has 3 fully saturated rings. The lowest BCUT2D eigenvalue weighted by Crippen LogP contribution is -2.43. The van der Waals surface area contributed by atoms with Crippen LogP contribution < -0.4 is 0 Å². The second-order valence-corrected chi connectivity index (χ2v) is 6.20. The molecule has 3 rings (SSSR count). The highest BCUT2D eigenvalue weighted by Gasteiger charge is 2.31. The summed E-state index contributed by atoms with van der Waals surface area (Å²) in [5.41, 5.74) is 0. The van der Waals surface area contributed by atoms with Gasteiger partial charge in [0.2, 0.25) is 0 Å². The number of hydrogen-bond acceptors (Lipinski definition) is 3. The first-order valence-corrected chi connectivity index (χ1v) is 7.39. The molecule has 2 unspecified atom stereocenters. The zero-order chi connectivity index (χ0) is 11.7. The van der Waals surface area contributed by atoms with Crippen molar-refractivity contribution in [3.63, 3.8) is 0 Å². The van der Waals surface area contributed by atoms with Gasteiger partial charge in [-0.15, -0.1) is 0 Å². The monoisotopic (exact) mass is 238 g/mol. The van der Waals surface area contributed by atoms with Crippen molar-refractivity contribution in [1.29, 1.82) is 0 Å². The summed E-state index contributed by atoms with van der Waals surface area (Å²) in [5.74, 6) is 0.818. The second-order valence-electron chi connectivity index (χ2n) is 6.20. The van der Waals surface area contributed by atoms with E-state index in [1.54, 1.807) is 0 Å². The maximum Gasteiger partial charge on any atom is 0.0622 e. The van der Waals surface area contributed by atoms with Crippen molar-refractivity contribution < 1.29 is 4.74 Å². The van der Waals surface area contributed by atoms with Crippen LogP contribution in [0.25, 0.3) is 0 Å². The largest absolute Gasteiger partial charge is 0.380 e. The summed E-state index contributed by atoms with van der Waals surface area (Å²) in [6.45, 7) is 9.49. The van der Waals surface area contributed by atoms with Gasteiger partial charge in [0, 0.05) is 44.9 Å². The van der Waals surface area contributed by atoms with Crippen LogP contribution in [0.4, 0.5) is 0 Å². The minimum absolute atomic E-state index is 0.707. The van der Waals surface area contributed by atoms with E-state index in [2.05, 4.69) is 16.7 Å². The molecule has 2 aliphatic heterocycles. The van der Waals surface area contributed by atoms with Crippen LogP contribution in [0, 0.1) is 5.92 Å². The van der Waals surface area contributed by atoms with Crippen molar-refractivity contribution >= 4 is 0 Å². The Kier molecular flexibility index (Phi) is 3.69. The van der Waals surface area contributed by atoms with Crippen LogP contribution in [0.15, 0.2) is 0 Å². The van der Waals surface area contributed by atoms with Crippen LogP contribution >= 0.6 is 0 Å². The van der Waals surface area contributed by atoms with E-state index in [9.17, 15) is 0 Å². The minimum Gasteiger partial charge on any atom is -0.380 e.